The fraction of sp³-hybridized carbons (Fsp3) is 1.00. The van der Waals surface area contributed by atoms with Crippen molar-refractivity contribution in [3.8, 4) is 0 Å². The number of hydrogen-bond acceptors (Lipinski definition) is 3. The molecule has 0 aromatic carbocycles. The molecule has 16 heavy (non-hydrogen) atoms. The van der Waals surface area contributed by atoms with Gasteiger partial charge in [-0.2, -0.15) is 0 Å². The third-order valence-electron chi connectivity index (χ3n) is 5.77. The van der Waals surface area contributed by atoms with Crippen LogP contribution < -0.4 is 5.73 Å². The molecule has 1 heterocycles. The highest BCUT2D eigenvalue weighted by Crippen LogP contribution is 2.63. The smallest absolute Gasteiger partial charge is 0.155 e. The van der Waals surface area contributed by atoms with Crippen molar-refractivity contribution in [2.24, 2.45) is 23.0 Å². The van der Waals surface area contributed by atoms with E-state index >= 15 is 0 Å². The molecular formula is C13H21NO2. The van der Waals surface area contributed by atoms with Crippen LogP contribution in [0.5, 0.6) is 0 Å². The van der Waals surface area contributed by atoms with E-state index < -0.39 is 0 Å². The predicted octanol–water partition coefficient (Wildman–Crippen LogP) is 1.65. The Morgan fingerprint density at radius 2 is 1.81 bits per heavy atom. The van der Waals surface area contributed by atoms with Crippen LogP contribution in [-0.4, -0.2) is 24.5 Å². The summed E-state index contributed by atoms with van der Waals surface area (Å²) in [5.74, 6) is 1.65. The van der Waals surface area contributed by atoms with Gasteiger partial charge in [-0.1, -0.05) is 0 Å². The highest BCUT2D eigenvalue weighted by atomic mass is 16.7. The topological polar surface area (TPSA) is 44.5 Å². The molecule has 0 aromatic heterocycles. The van der Waals surface area contributed by atoms with E-state index in [9.17, 15) is 0 Å². The van der Waals surface area contributed by atoms with Crippen LogP contribution in [0, 0.1) is 17.3 Å². The average Bonchev–Trinajstić information content (AvgIpc) is 2.89. The van der Waals surface area contributed by atoms with Crippen molar-refractivity contribution >= 4 is 0 Å². The van der Waals surface area contributed by atoms with Gasteiger partial charge in [-0.15, -0.1) is 0 Å². The van der Waals surface area contributed by atoms with Gasteiger partial charge in [-0.05, 0) is 56.3 Å². The molecule has 3 saturated carbocycles. The zero-order chi connectivity index (χ0) is 10.9. The summed E-state index contributed by atoms with van der Waals surface area (Å²) in [5.41, 5.74) is 6.86. The molecule has 3 nitrogen and oxygen atoms in total. The van der Waals surface area contributed by atoms with Crippen LogP contribution in [0.1, 0.15) is 39.0 Å². The van der Waals surface area contributed by atoms with E-state index in [2.05, 4.69) is 0 Å². The molecule has 1 unspecified atom stereocenters. The van der Waals surface area contributed by atoms with Gasteiger partial charge in [0.15, 0.2) is 6.29 Å². The molecule has 90 valence electrons. The van der Waals surface area contributed by atoms with Crippen molar-refractivity contribution < 1.29 is 9.47 Å². The zero-order valence-corrected chi connectivity index (χ0v) is 9.89. The van der Waals surface area contributed by atoms with Gasteiger partial charge in [0.05, 0.1) is 12.2 Å². The first kappa shape index (κ1) is 9.86. The second-order valence-electron chi connectivity index (χ2n) is 6.35. The van der Waals surface area contributed by atoms with Gasteiger partial charge in [-0.25, -0.2) is 0 Å². The highest BCUT2D eigenvalue weighted by molar-refractivity contribution is 5.14. The van der Waals surface area contributed by atoms with Gasteiger partial charge in [-0.3, -0.25) is 0 Å². The van der Waals surface area contributed by atoms with E-state index in [4.69, 9.17) is 15.2 Å². The third-order valence-corrected chi connectivity index (χ3v) is 5.77. The molecule has 3 heteroatoms. The number of fused-ring (bicyclic) bond motifs is 4. The number of hydrogen-bond donors (Lipinski definition) is 1. The van der Waals surface area contributed by atoms with E-state index in [-0.39, 0.29) is 6.29 Å². The summed E-state index contributed by atoms with van der Waals surface area (Å²) in [4.78, 5) is 0. The van der Waals surface area contributed by atoms with Gasteiger partial charge in [0.25, 0.3) is 0 Å². The Bertz CT molecular complexity index is 301. The van der Waals surface area contributed by atoms with E-state index in [1.54, 1.807) is 0 Å². The fourth-order valence-electron chi connectivity index (χ4n) is 5.10. The summed E-state index contributed by atoms with van der Waals surface area (Å²) < 4.78 is 11.7. The molecule has 1 saturated heterocycles. The second-order valence-corrected chi connectivity index (χ2v) is 6.35. The van der Waals surface area contributed by atoms with Crippen LogP contribution in [0.15, 0.2) is 0 Å². The lowest BCUT2D eigenvalue weighted by molar-refractivity contribution is -0.0774. The molecule has 0 aromatic rings. The molecule has 1 spiro atoms. The molecule has 4 fully saturated rings. The monoisotopic (exact) mass is 223 g/mol. The first-order valence-electron chi connectivity index (χ1n) is 6.75. The Kier molecular flexibility index (Phi) is 1.85. The Balaban J connectivity index is 1.62. The van der Waals surface area contributed by atoms with Crippen LogP contribution in [0.3, 0.4) is 0 Å². The number of ether oxygens (including phenoxy) is 2. The summed E-state index contributed by atoms with van der Waals surface area (Å²) in [6.07, 6.45) is 7.11. The molecule has 4 rings (SSSR count). The normalized spacial score (nSPS) is 63.4. The molecular weight excluding hydrogens is 202 g/mol. The Labute approximate surface area is 96.7 Å². The summed E-state index contributed by atoms with van der Waals surface area (Å²) in [6.45, 7) is 2.01. The largest absolute Gasteiger partial charge is 0.347 e. The molecule has 4 aliphatic rings. The molecule has 0 amide bonds. The van der Waals surface area contributed by atoms with Crippen LogP contribution in [-0.2, 0) is 9.47 Å². The lowest BCUT2D eigenvalue weighted by atomic mass is 9.68. The summed E-state index contributed by atoms with van der Waals surface area (Å²) >= 11 is 0. The van der Waals surface area contributed by atoms with Crippen molar-refractivity contribution in [3.05, 3.63) is 0 Å². The van der Waals surface area contributed by atoms with Crippen LogP contribution in [0.2, 0.25) is 0 Å². The minimum absolute atomic E-state index is 0.00200. The van der Waals surface area contributed by atoms with E-state index in [1.807, 2.05) is 6.92 Å². The maximum Gasteiger partial charge on any atom is 0.155 e. The van der Waals surface area contributed by atoms with E-state index in [1.165, 1.54) is 19.3 Å². The quantitative estimate of drug-likeness (QED) is 0.679. The Morgan fingerprint density at radius 1 is 1.12 bits per heavy atom. The van der Waals surface area contributed by atoms with Crippen LogP contribution in [0.25, 0.3) is 0 Å². The maximum atomic E-state index is 6.49. The van der Waals surface area contributed by atoms with Gasteiger partial charge in [0.1, 0.15) is 0 Å². The molecule has 2 bridgehead atoms. The van der Waals surface area contributed by atoms with Gasteiger partial charge < -0.3 is 15.2 Å². The minimum Gasteiger partial charge on any atom is -0.347 e. The Hall–Kier alpha value is -0.120. The van der Waals surface area contributed by atoms with Crippen molar-refractivity contribution in [1.82, 2.24) is 0 Å². The van der Waals surface area contributed by atoms with Crippen LogP contribution >= 0.6 is 0 Å². The van der Waals surface area contributed by atoms with E-state index in [0.717, 1.165) is 24.7 Å². The standard InChI is InChI=1S/C13H21NO2/c1-7-15-10-5-13(6-11(10)16-7)9-3-2-8(4-9)12(13)14/h7-12H,2-6,14H2,1H3/t7-,8-,9+,10?,11-,12+,13+/m0/s1. The lowest BCUT2D eigenvalue weighted by Gasteiger charge is -2.39. The molecule has 7 atom stereocenters. The molecule has 3 aliphatic carbocycles. The molecule has 2 N–H and O–H groups in total. The lowest BCUT2D eigenvalue weighted by Crippen LogP contribution is -2.45. The zero-order valence-electron chi connectivity index (χ0n) is 9.89. The fourth-order valence-corrected chi connectivity index (χ4v) is 5.10. The first-order valence-corrected chi connectivity index (χ1v) is 6.75. The van der Waals surface area contributed by atoms with Gasteiger partial charge >= 0.3 is 0 Å². The minimum atomic E-state index is 0.00200. The Morgan fingerprint density at radius 3 is 2.38 bits per heavy atom. The van der Waals surface area contributed by atoms with Crippen molar-refractivity contribution in [2.45, 2.75) is 63.6 Å². The maximum absolute atomic E-state index is 6.49. The highest BCUT2D eigenvalue weighted by Gasteiger charge is 2.63. The SMILES string of the molecule is C[C@H]1OC2C[C@@]3(C[C@@H]2O1)[C@@H]1CC[C@@H](C1)[C@H]3N. The number of nitrogens with two attached hydrogens (primary N) is 1. The molecule has 0 radical (unpaired) electrons. The van der Waals surface area contributed by atoms with Gasteiger partial charge in [0, 0.05) is 6.04 Å². The van der Waals surface area contributed by atoms with Crippen molar-refractivity contribution in [1.29, 1.82) is 0 Å². The van der Waals surface area contributed by atoms with E-state index in [0.29, 0.717) is 23.7 Å². The summed E-state index contributed by atoms with van der Waals surface area (Å²) in [6, 6.07) is 0.416. The van der Waals surface area contributed by atoms with Gasteiger partial charge in [0.2, 0.25) is 0 Å². The van der Waals surface area contributed by atoms with Crippen molar-refractivity contribution in [3.63, 3.8) is 0 Å². The average molecular weight is 223 g/mol. The predicted molar refractivity (Wildman–Crippen MR) is 59.7 cm³/mol. The summed E-state index contributed by atoms with van der Waals surface area (Å²) in [7, 11) is 0. The third kappa shape index (κ3) is 1.05. The van der Waals surface area contributed by atoms with Crippen LogP contribution in [0.4, 0.5) is 0 Å². The molecule has 1 aliphatic heterocycles. The van der Waals surface area contributed by atoms with Crippen molar-refractivity contribution in [2.75, 3.05) is 0 Å². The number of rotatable bonds is 0. The second kappa shape index (κ2) is 3.01. The summed E-state index contributed by atoms with van der Waals surface area (Å²) in [5, 5.41) is 0. The first-order chi connectivity index (χ1) is 7.69.